The summed E-state index contributed by atoms with van der Waals surface area (Å²) in [5.74, 6) is 0.271. The molecule has 0 aromatic carbocycles. The van der Waals surface area contributed by atoms with Crippen LogP contribution in [0.3, 0.4) is 0 Å². The number of carbonyl (C=O) groups excluding carboxylic acids is 3. The normalized spacial score (nSPS) is 12.1. The van der Waals surface area contributed by atoms with E-state index >= 15 is 0 Å². The molecule has 3 unspecified atom stereocenters. The second-order valence-corrected chi connectivity index (χ2v) is 7.51. The van der Waals surface area contributed by atoms with Gasteiger partial charge in [0.1, 0.15) is 17.3 Å². The van der Waals surface area contributed by atoms with Crippen molar-refractivity contribution in [3.05, 3.63) is 0 Å². The summed E-state index contributed by atoms with van der Waals surface area (Å²) < 4.78 is 0. The monoisotopic (exact) mass is 554 g/mol. The number of hydrogen-bond acceptors (Lipinski definition) is 7. The smallest absolute Gasteiger partial charge is 0.138 e. The molecule has 8 heteroatoms. The molecule has 4 N–H and O–H groups in total. The van der Waals surface area contributed by atoms with E-state index < -0.39 is 0 Å². The van der Waals surface area contributed by atoms with Crippen molar-refractivity contribution >= 4 is 17.3 Å². The van der Waals surface area contributed by atoms with Gasteiger partial charge in [-0.2, -0.15) is 0 Å². The number of aliphatic hydroxyl groups is 4. The molecular formula is C25H52O7Zr. The zero-order chi connectivity index (χ0) is 25.9. The van der Waals surface area contributed by atoms with Crippen molar-refractivity contribution in [3.8, 4) is 0 Å². The minimum atomic E-state index is -0.111. The summed E-state index contributed by atoms with van der Waals surface area (Å²) in [7, 11) is 1.00. The van der Waals surface area contributed by atoms with Gasteiger partial charge in [0.15, 0.2) is 0 Å². The first-order valence-electron chi connectivity index (χ1n) is 12.1. The van der Waals surface area contributed by atoms with E-state index in [1.807, 2.05) is 41.5 Å². The van der Waals surface area contributed by atoms with Crippen molar-refractivity contribution in [1.29, 1.82) is 0 Å². The van der Waals surface area contributed by atoms with Crippen molar-refractivity contribution in [1.82, 2.24) is 0 Å². The third-order valence-corrected chi connectivity index (χ3v) is 4.99. The molecule has 0 saturated carbocycles. The number of rotatable bonds is 15. The molecule has 0 aliphatic heterocycles. The molecule has 0 fully saturated rings. The van der Waals surface area contributed by atoms with Crippen LogP contribution in [0.5, 0.6) is 0 Å². The fourth-order valence-electron chi connectivity index (χ4n) is 2.73. The fourth-order valence-corrected chi connectivity index (χ4v) is 2.73. The van der Waals surface area contributed by atoms with Gasteiger partial charge in [0.2, 0.25) is 0 Å². The molecule has 0 heterocycles. The first kappa shape index (κ1) is 42.9. The van der Waals surface area contributed by atoms with Gasteiger partial charge in [0, 0.05) is 70.3 Å². The van der Waals surface area contributed by atoms with Crippen molar-refractivity contribution in [3.63, 3.8) is 0 Å². The Morgan fingerprint density at radius 1 is 0.515 bits per heavy atom. The Morgan fingerprint density at radius 2 is 0.697 bits per heavy atom. The van der Waals surface area contributed by atoms with E-state index in [0.717, 1.165) is 45.6 Å². The quantitative estimate of drug-likeness (QED) is 0.242. The van der Waals surface area contributed by atoms with E-state index in [0.29, 0.717) is 19.3 Å². The van der Waals surface area contributed by atoms with Gasteiger partial charge in [-0.25, -0.2) is 0 Å². The van der Waals surface area contributed by atoms with Crippen molar-refractivity contribution in [2.45, 2.75) is 99.3 Å². The maximum absolute atomic E-state index is 11.0. The topological polar surface area (TPSA) is 132 Å². The molecule has 7 nitrogen and oxygen atoms in total. The third kappa shape index (κ3) is 26.2. The van der Waals surface area contributed by atoms with Crippen LogP contribution >= 0.6 is 0 Å². The number of carbonyl (C=O) groups is 3. The Bertz CT molecular complexity index is 357. The Hall–Kier alpha value is -0.267. The van der Waals surface area contributed by atoms with Gasteiger partial charge in [0.05, 0.1) is 19.8 Å². The Labute approximate surface area is 221 Å². The van der Waals surface area contributed by atoms with Crippen LogP contribution in [0.25, 0.3) is 0 Å². The van der Waals surface area contributed by atoms with Crippen LogP contribution in [0.1, 0.15) is 99.3 Å². The third-order valence-electron chi connectivity index (χ3n) is 4.99. The minimum Gasteiger partial charge on any atom is -0.400 e. The van der Waals surface area contributed by atoms with Crippen LogP contribution in [0, 0.1) is 17.8 Å². The van der Waals surface area contributed by atoms with Gasteiger partial charge in [-0.15, -0.1) is 0 Å². The molecule has 198 valence electrons. The molecule has 0 amide bonds. The number of hydrogen-bond donors (Lipinski definition) is 4. The molecule has 0 aliphatic rings. The van der Waals surface area contributed by atoms with Gasteiger partial charge in [0.25, 0.3) is 0 Å². The number of ketones is 3. The molecule has 0 rings (SSSR count). The summed E-state index contributed by atoms with van der Waals surface area (Å²) in [5, 5.41) is 33.1. The van der Waals surface area contributed by atoms with Crippen LogP contribution in [0.15, 0.2) is 0 Å². The standard InChI is InChI=1S/3C8H16O2.CH4O.Zr/c3*1-3-5-8(10)7(4-2)6-9;1-2;/h3*7,9H,3-6H2,1-2H3;2H,1H3;. The summed E-state index contributed by atoms with van der Waals surface area (Å²) in [6.45, 7) is 11.7. The van der Waals surface area contributed by atoms with Crippen molar-refractivity contribution in [2.24, 2.45) is 17.8 Å². The SMILES string of the molecule is CCCC(=O)C(CC)CO.CCCC(=O)C(CC)CO.CCCC(=O)C(CC)CO.CO.[Zr]. The average molecular weight is 556 g/mol. The zero-order valence-electron chi connectivity index (χ0n) is 22.2. The number of aliphatic hydroxyl groups excluding tert-OH is 4. The molecule has 33 heavy (non-hydrogen) atoms. The molecule has 0 radical (unpaired) electrons. The average Bonchev–Trinajstić information content (AvgIpc) is 2.79. The zero-order valence-corrected chi connectivity index (χ0v) is 24.7. The van der Waals surface area contributed by atoms with Crippen molar-refractivity contribution < 1.29 is 61.0 Å². The van der Waals surface area contributed by atoms with E-state index in [1.165, 1.54) is 0 Å². The second kappa shape index (κ2) is 33.9. The van der Waals surface area contributed by atoms with Gasteiger partial charge in [-0.3, -0.25) is 14.4 Å². The summed E-state index contributed by atoms with van der Waals surface area (Å²) >= 11 is 0. The van der Waals surface area contributed by atoms with Crippen LogP contribution < -0.4 is 0 Å². The fraction of sp³-hybridized carbons (Fsp3) is 0.880. The molecular weight excluding hydrogens is 503 g/mol. The van der Waals surface area contributed by atoms with E-state index in [1.54, 1.807) is 0 Å². The van der Waals surface area contributed by atoms with E-state index in [-0.39, 0.29) is 81.1 Å². The summed E-state index contributed by atoms with van der Waals surface area (Å²) in [6.07, 6.45) is 6.76. The van der Waals surface area contributed by atoms with E-state index in [4.69, 9.17) is 20.4 Å². The van der Waals surface area contributed by atoms with Crippen LogP contribution in [-0.4, -0.2) is 64.7 Å². The minimum absolute atomic E-state index is 0. The first-order valence-corrected chi connectivity index (χ1v) is 12.1. The van der Waals surface area contributed by atoms with Crippen LogP contribution in [0.4, 0.5) is 0 Å². The molecule has 0 aromatic rings. The molecule has 0 spiro atoms. The predicted molar refractivity (Wildman–Crippen MR) is 130 cm³/mol. The van der Waals surface area contributed by atoms with Gasteiger partial charge < -0.3 is 20.4 Å². The second-order valence-electron chi connectivity index (χ2n) is 7.51. The van der Waals surface area contributed by atoms with E-state index in [9.17, 15) is 14.4 Å². The molecule has 0 aliphatic carbocycles. The molecule has 0 saturated heterocycles. The summed E-state index contributed by atoms with van der Waals surface area (Å²) in [5.41, 5.74) is 0. The summed E-state index contributed by atoms with van der Waals surface area (Å²) in [4.78, 5) is 33.1. The van der Waals surface area contributed by atoms with Gasteiger partial charge in [-0.05, 0) is 38.5 Å². The summed E-state index contributed by atoms with van der Waals surface area (Å²) in [6, 6.07) is 0. The van der Waals surface area contributed by atoms with E-state index in [2.05, 4.69) is 0 Å². The van der Waals surface area contributed by atoms with Crippen LogP contribution in [0.2, 0.25) is 0 Å². The Balaban J connectivity index is -0.000000113. The van der Waals surface area contributed by atoms with Gasteiger partial charge in [-0.1, -0.05) is 41.5 Å². The molecule has 0 aromatic heterocycles. The van der Waals surface area contributed by atoms with Gasteiger partial charge >= 0.3 is 0 Å². The van der Waals surface area contributed by atoms with Crippen LogP contribution in [-0.2, 0) is 40.6 Å². The molecule has 3 atom stereocenters. The maximum Gasteiger partial charge on any atom is 0.138 e. The van der Waals surface area contributed by atoms with Crippen molar-refractivity contribution in [2.75, 3.05) is 26.9 Å². The largest absolute Gasteiger partial charge is 0.400 e. The Morgan fingerprint density at radius 3 is 0.788 bits per heavy atom. The Kier molecular flexibility index (Phi) is 44.0. The molecule has 0 bridgehead atoms. The predicted octanol–water partition coefficient (Wildman–Crippen LogP) is 3.73. The maximum atomic E-state index is 11.0. The number of Topliss-reactive ketones (excluding diaryl/α,β-unsaturated/α-hetero) is 3. The first-order chi connectivity index (χ1) is 15.3.